The van der Waals surface area contributed by atoms with E-state index in [1.807, 2.05) is 6.92 Å². The van der Waals surface area contributed by atoms with Crippen molar-refractivity contribution in [2.45, 2.75) is 25.4 Å². The van der Waals surface area contributed by atoms with Crippen LogP contribution in [0, 0.1) is 5.82 Å². The molecule has 1 amide bonds. The number of carbonyl (C=O) groups excluding carboxylic acids is 1. The average Bonchev–Trinajstić information content (AvgIpc) is 2.63. The first-order valence-electron chi connectivity index (χ1n) is 5.53. The Hall–Kier alpha value is -1.13. The fourth-order valence-electron chi connectivity index (χ4n) is 2.07. The summed E-state index contributed by atoms with van der Waals surface area (Å²) in [5.41, 5.74) is 6.05. The number of nitrogens with zero attached hydrogens (tertiary/aromatic N) is 1. The van der Waals surface area contributed by atoms with E-state index in [-0.39, 0.29) is 28.6 Å². The number of amides is 1. The van der Waals surface area contributed by atoms with Gasteiger partial charge in [-0.15, -0.1) is 0 Å². The van der Waals surface area contributed by atoms with Gasteiger partial charge in [-0.2, -0.15) is 0 Å². The van der Waals surface area contributed by atoms with Crippen LogP contribution in [-0.2, 0) is 0 Å². The number of halogens is 2. The molecule has 0 aliphatic carbocycles. The molecule has 92 valence electrons. The van der Waals surface area contributed by atoms with Gasteiger partial charge >= 0.3 is 0 Å². The monoisotopic (exact) mass is 256 g/mol. The predicted molar refractivity (Wildman–Crippen MR) is 64.5 cm³/mol. The molecule has 2 unspecified atom stereocenters. The van der Waals surface area contributed by atoms with E-state index >= 15 is 0 Å². The summed E-state index contributed by atoms with van der Waals surface area (Å²) in [6.07, 6.45) is 0.764. The van der Waals surface area contributed by atoms with Crippen molar-refractivity contribution >= 4 is 17.5 Å². The van der Waals surface area contributed by atoms with Crippen molar-refractivity contribution in [3.05, 3.63) is 34.6 Å². The standard InChI is InChI=1S/C12H14ClFN2O/c1-7-10(15)5-6-16(7)12(17)8-3-2-4-9(14)11(8)13/h2-4,7,10H,5-6,15H2,1H3. The maximum Gasteiger partial charge on any atom is 0.255 e. The number of nitrogens with two attached hydrogens (primary N) is 1. The number of hydrogen-bond donors (Lipinski definition) is 1. The van der Waals surface area contributed by atoms with E-state index in [0.29, 0.717) is 6.54 Å². The fourth-order valence-corrected chi connectivity index (χ4v) is 2.28. The Labute approximate surface area is 104 Å². The van der Waals surface area contributed by atoms with Crippen LogP contribution in [0.5, 0.6) is 0 Å². The molecule has 5 heteroatoms. The number of rotatable bonds is 1. The molecule has 17 heavy (non-hydrogen) atoms. The van der Waals surface area contributed by atoms with Crippen molar-refractivity contribution in [3.63, 3.8) is 0 Å². The molecule has 2 rings (SSSR count). The van der Waals surface area contributed by atoms with E-state index in [0.717, 1.165) is 6.42 Å². The Balaban J connectivity index is 2.29. The molecule has 2 N–H and O–H groups in total. The van der Waals surface area contributed by atoms with Gasteiger partial charge in [-0.25, -0.2) is 4.39 Å². The summed E-state index contributed by atoms with van der Waals surface area (Å²) in [4.78, 5) is 13.8. The zero-order valence-electron chi connectivity index (χ0n) is 9.49. The van der Waals surface area contributed by atoms with Crippen molar-refractivity contribution in [2.24, 2.45) is 5.73 Å². The van der Waals surface area contributed by atoms with Crippen molar-refractivity contribution in [1.29, 1.82) is 0 Å². The van der Waals surface area contributed by atoms with Crippen LogP contribution >= 0.6 is 11.6 Å². The molecule has 1 saturated heterocycles. The van der Waals surface area contributed by atoms with E-state index in [4.69, 9.17) is 17.3 Å². The molecule has 0 bridgehead atoms. The highest BCUT2D eigenvalue weighted by Gasteiger charge is 2.32. The van der Waals surface area contributed by atoms with Crippen LogP contribution in [0.25, 0.3) is 0 Å². The van der Waals surface area contributed by atoms with Gasteiger partial charge in [-0.1, -0.05) is 17.7 Å². The van der Waals surface area contributed by atoms with Crippen molar-refractivity contribution in [1.82, 2.24) is 4.90 Å². The first kappa shape index (κ1) is 12.3. The van der Waals surface area contributed by atoms with Gasteiger partial charge in [0.1, 0.15) is 5.82 Å². The number of benzene rings is 1. The molecule has 2 atom stereocenters. The molecule has 1 aliphatic rings. The summed E-state index contributed by atoms with van der Waals surface area (Å²) in [5.74, 6) is -0.830. The molecule has 0 spiro atoms. The topological polar surface area (TPSA) is 46.3 Å². The van der Waals surface area contributed by atoms with E-state index in [2.05, 4.69) is 0 Å². The molecule has 0 aromatic heterocycles. The van der Waals surface area contributed by atoms with E-state index in [9.17, 15) is 9.18 Å². The largest absolute Gasteiger partial charge is 0.334 e. The first-order valence-corrected chi connectivity index (χ1v) is 5.90. The van der Waals surface area contributed by atoms with Gasteiger partial charge in [-0.3, -0.25) is 4.79 Å². The quantitative estimate of drug-likeness (QED) is 0.836. The Kier molecular flexibility index (Phi) is 3.35. The molecule has 0 radical (unpaired) electrons. The zero-order chi connectivity index (χ0) is 12.6. The molecule has 3 nitrogen and oxygen atoms in total. The minimum absolute atomic E-state index is 0.0220. The second-order valence-electron chi connectivity index (χ2n) is 4.29. The van der Waals surface area contributed by atoms with Gasteiger partial charge in [0, 0.05) is 18.6 Å². The molecule has 1 aliphatic heterocycles. The lowest BCUT2D eigenvalue weighted by Crippen LogP contribution is -2.40. The predicted octanol–water partition coefficient (Wildman–Crippen LogP) is 2.04. The van der Waals surface area contributed by atoms with E-state index < -0.39 is 5.82 Å². The lowest BCUT2D eigenvalue weighted by Gasteiger charge is -2.23. The Morgan fingerprint density at radius 1 is 1.59 bits per heavy atom. The third-order valence-electron chi connectivity index (χ3n) is 3.26. The lowest BCUT2D eigenvalue weighted by atomic mass is 10.1. The summed E-state index contributed by atoms with van der Waals surface area (Å²) in [6, 6.07) is 4.19. The van der Waals surface area contributed by atoms with Crippen molar-refractivity contribution < 1.29 is 9.18 Å². The van der Waals surface area contributed by atoms with Crippen LogP contribution in [0.15, 0.2) is 18.2 Å². The summed E-state index contributed by atoms with van der Waals surface area (Å²) in [7, 11) is 0. The molecular weight excluding hydrogens is 243 g/mol. The second kappa shape index (κ2) is 4.63. The van der Waals surface area contributed by atoms with Gasteiger partial charge in [0.15, 0.2) is 0 Å². The second-order valence-corrected chi connectivity index (χ2v) is 4.67. The summed E-state index contributed by atoms with van der Waals surface area (Å²) in [5, 5.41) is -0.120. The zero-order valence-corrected chi connectivity index (χ0v) is 10.2. The summed E-state index contributed by atoms with van der Waals surface area (Å²) < 4.78 is 13.3. The van der Waals surface area contributed by atoms with E-state index in [1.165, 1.54) is 18.2 Å². The fraction of sp³-hybridized carbons (Fsp3) is 0.417. The molecule has 0 saturated carbocycles. The number of likely N-dealkylation sites (tertiary alicyclic amines) is 1. The Morgan fingerprint density at radius 2 is 2.29 bits per heavy atom. The summed E-state index contributed by atoms with van der Waals surface area (Å²) in [6.45, 7) is 2.48. The van der Waals surface area contributed by atoms with E-state index in [1.54, 1.807) is 4.90 Å². The van der Waals surface area contributed by atoms with Crippen molar-refractivity contribution in [2.75, 3.05) is 6.54 Å². The molecular formula is C12H14ClFN2O. The maximum atomic E-state index is 13.3. The Morgan fingerprint density at radius 3 is 2.88 bits per heavy atom. The molecule has 1 aromatic rings. The van der Waals surface area contributed by atoms with Crippen LogP contribution in [0.4, 0.5) is 4.39 Å². The lowest BCUT2D eigenvalue weighted by molar-refractivity contribution is 0.0742. The van der Waals surface area contributed by atoms with Crippen molar-refractivity contribution in [3.8, 4) is 0 Å². The van der Waals surface area contributed by atoms with Crippen LogP contribution < -0.4 is 5.73 Å². The number of hydrogen-bond acceptors (Lipinski definition) is 2. The van der Waals surface area contributed by atoms with Gasteiger partial charge in [0.05, 0.1) is 10.6 Å². The normalized spacial score (nSPS) is 24.1. The van der Waals surface area contributed by atoms with Gasteiger partial charge in [0.2, 0.25) is 0 Å². The maximum absolute atomic E-state index is 13.3. The highest BCUT2D eigenvalue weighted by Crippen LogP contribution is 2.25. The third-order valence-corrected chi connectivity index (χ3v) is 3.64. The van der Waals surface area contributed by atoms with Crippen LogP contribution in [-0.4, -0.2) is 29.4 Å². The molecule has 1 heterocycles. The van der Waals surface area contributed by atoms with Crippen LogP contribution in [0.1, 0.15) is 23.7 Å². The Bertz CT molecular complexity index is 452. The van der Waals surface area contributed by atoms with Gasteiger partial charge in [0.25, 0.3) is 5.91 Å². The minimum Gasteiger partial charge on any atom is -0.334 e. The van der Waals surface area contributed by atoms with Crippen LogP contribution in [0.2, 0.25) is 5.02 Å². The molecule has 1 fully saturated rings. The minimum atomic E-state index is -0.575. The first-order chi connectivity index (χ1) is 8.02. The average molecular weight is 257 g/mol. The van der Waals surface area contributed by atoms with Gasteiger partial charge < -0.3 is 10.6 Å². The highest BCUT2D eigenvalue weighted by atomic mass is 35.5. The van der Waals surface area contributed by atoms with Gasteiger partial charge in [-0.05, 0) is 25.5 Å². The van der Waals surface area contributed by atoms with Crippen LogP contribution in [0.3, 0.4) is 0 Å². The SMILES string of the molecule is CC1C(N)CCN1C(=O)c1cccc(F)c1Cl. The third kappa shape index (κ3) is 2.15. The smallest absolute Gasteiger partial charge is 0.255 e. The molecule has 1 aromatic carbocycles. The highest BCUT2D eigenvalue weighted by molar-refractivity contribution is 6.34. The summed E-state index contributed by atoms with van der Waals surface area (Å²) >= 11 is 5.80. The number of carbonyl (C=O) groups is 1.